The molecular formula is C24H32N6O4. The Morgan fingerprint density at radius 2 is 0.912 bits per heavy atom. The largest absolute Gasteiger partial charge is 0.377 e. The second-order valence-electron chi connectivity index (χ2n) is 7.51. The van der Waals surface area contributed by atoms with Gasteiger partial charge in [-0.05, 0) is 24.3 Å². The third-order valence-electron chi connectivity index (χ3n) is 4.97. The average molecular weight is 469 g/mol. The van der Waals surface area contributed by atoms with Crippen molar-refractivity contribution in [2.75, 3.05) is 76.6 Å². The quantitative estimate of drug-likeness (QED) is 0.175. The number of hydrogen-bond acceptors (Lipinski definition) is 8. The van der Waals surface area contributed by atoms with Crippen LogP contribution in [0.1, 0.15) is 0 Å². The number of H-pyrrole nitrogens is 2. The molecule has 0 saturated heterocycles. The zero-order chi connectivity index (χ0) is 23.3. The van der Waals surface area contributed by atoms with Crippen molar-refractivity contribution in [3.8, 4) is 0 Å². The van der Waals surface area contributed by atoms with Crippen molar-refractivity contribution in [3.63, 3.8) is 0 Å². The molecule has 2 aromatic heterocycles. The summed E-state index contributed by atoms with van der Waals surface area (Å²) in [7, 11) is 0. The number of para-hydroxylation sites is 4. The van der Waals surface area contributed by atoms with Crippen molar-refractivity contribution in [3.05, 3.63) is 48.5 Å². The maximum absolute atomic E-state index is 5.56. The van der Waals surface area contributed by atoms with Gasteiger partial charge in [0.15, 0.2) is 0 Å². The molecule has 10 heteroatoms. The molecule has 0 spiro atoms. The summed E-state index contributed by atoms with van der Waals surface area (Å²) >= 11 is 0. The van der Waals surface area contributed by atoms with Gasteiger partial charge in [0.2, 0.25) is 11.9 Å². The van der Waals surface area contributed by atoms with Gasteiger partial charge >= 0.3 is 0 Å². The molecule has 34 heavy (non-hydrogen) atoms. The molecule has 2 aromatic carbocycles. The highest BCUT2D eigenvalue weighted by atomic mass is 16.6. The first-order valence-corrected chi connectivity index (χ1v) is 11.6. The lowest BCUT2D eigenvalue weighted by Gasteiger charge is -2.08. The first-order valence-electron chi connectivity index (χ1n) is 11.6. The van der Waals surface area contributed by atoms with Gasteiger partial charge in [-0.2, -0.15) is 0 Å². The molecule has 0 aliphatic carbocycles. The Balaban J connectivity index is 0.897. The zero-order valence-electron chi connectivity index (χ0n) is 19.2. The fourth-order valence-corrected chi connectivity index (χ4v) is 3.32. The molecule has 0 atom stereocenters. The highest BCUT2D eigenvalue weighted by Crippen LogP contribution is 2.13. The summed E-state index contributed by atoms with van der Waals surface area (Å²) in [5, 5.41) is 6.44. The number of aromatic amines is 2. The van der Waals surface area contributed by atoms with Crippen LogP contribution in [-0.2, 0) is 18.9 Å². The second kappa shape index (κ2) is 13.5. The summed E-state index contributed by atoms with van der Waals surface area (Å²) in [6.07, 6.45) is 0. The number of nitrogens with zero attached hydrogens (tertiary/aromatic N) is 2. The van der Waals surface area contributed by atoms with Gasteiger partial charge < -0.3 is 39.5 Å². The molecule has 2 heterocycles. The maximum atomic E-state index is 5.56. The number of ether oxygens (including phenoxy) is 4. The van der Waals surface area contributed by atoms with Crippen LogP contribution in [-0.4, -0.2) is 85.9 Å². The van der Waals surface area contributed by atoms with E-state index < -0.39 is 0 Å². The Bertz CT molecular complexity index is 961. The predicted molar refractivity (Wildman–Crippen MR) is 132 cm³/mol. The third kappa shape index (κ3) is 7.70. The van der Waals surface area contributed by atoms with E-state index in [9.17, 15) is 0 Å². The van der Waals surface area contributed by atoms with Gasteiger partial charge in [-0.25, -0.2) is 9.97 Å². The van der Waals surface area contributed by atoms with Crippen LogP contribution in [0.4, 0.5) is 11.9 Å². The minimum Gasteiger partial charge on any atom is -0.377 e. The summed E-state index contributed by atoms with van der Waals surface area (Å²) in [6, 6.07) is 15.9. The molecule has 10 nitrogen and oxygen atoms in total. The number of hydrogen-bond donors (Lipinski definition) is 4. The summed E-state index contributed by atoms with van der Waals surface area (Å²) in [4.78, 5) is 15.4. The van der Waals surface area contributed by atoms with Crippen molar-refractivity contribution >= 4 is 34.0 Å². The van der Waals surface area contributed by atoms with E-state index in [1.54, 1.807) is 0 Å². The summed E-state index contributed by atoms with van der Waals surface area (Å²) < 4.78 is 22.1. The highest BCUT2D eigenvalue weighted by Gasteiger charge is 2.01. The fraction of sp³-hybridized carbons (Fsp3) is 0.417. The molecule has 0 bridgehead atoms. The Morgan fingerprint density at radius 3 is 1.32 bits per heavy atom. The number of nitrogens with one attached hydrogen (secondary N) is 4. The van der Waals surface area contributed by atoms with E-state index in [4.69, 9.17) is 18.9 Å². The first-order chi connectivity index (χ1) is 16.9. The topological polar surface area (TPSA) is 118 Å². The SMILES string of the molecule is c1ccc2[nH]c(NCCOCCOCCOCCOCCNc3nc4ccccc4[nH]3)nc2c1. The average Bonchev–Trinajstić information content (AvgIpc) is 3.47. The van der Waals surface area contributed by atoms with Crippen molar-refractivity contribution in [1.29, 1.82) is 0 Å². The monoisotopic (exact) mass is 468 g/mol. The molecule has 4 N–H and O–H groups in total. The fourth-order valence-electron chi connectivity index (χ4n) is 3.32. The molecule has 0 unspecified atom stereocenters. The second-order valence-corrected chi connectivity index (χ2v) is 7.51. The van der Waals surface area contributed by atoms with Gasteiger partial charge in [0.1, 0.15) is 0 Å². The van der Waals surface area contributed by atoms with Gasteiger partial charge in [-0.15, -0.1) is 0 Å². The number of anilines is 2. The molecule has 4 rings (SSSR count). The van der Waals surface area contributed by atoms with E-state index in [0.29, 0.717) is 65.9 Å². The first kappa shape index (κ1) is 24.0. The van der Waals surface area contributed by atoms with E-state index in [1.807, 2.05) is 48.5 Å². The van der Waals surface area contributed by atoms with Gasteiger partial charge in [0, 0.05) is 13.1 Å². The maximum Gasteiger partial charge on any atom is 0.201 e. The lowest BCUT2D eigenvalue weighted by Crippen LogP contribution is -2.15. The molecule has 0 aliphatic heterocycles. The summed E-state index contributed by atoms with van der Waals surface area (Å²) in [6.45, 7) is 5.76. The Morgan fingerprint density at radius 1 is 0.529 bits per heavy atom. The van der Waals surface area contributed by atoms with E-state index >= 15 is 0 Å². The zero-order valence-corrected chi connectivity index (χ0v) is 19.2. The molecule has 0 amide bonds. The number of aromatic nitrogens is 4. The van der Waals surface area contributed by atoms with Crippen LogP contribution in [0.15, 0.2) is 48.5 Å². The molecular weight excluding hydrogens is 436 g/mol. The molecule has 182 valence electrons. The van der Waals surface area contributed by atoms with E-state index in [2.05, 4.69) is 30.6 Å². The molecule has 0 aliphatic rings. The van der Waals surface area contributed by atoms with E-state index in [1.165, 1.54) is 0 Å². The standard InChI is InChI=1S/C24H32N6O4/c1-2-6-20-19(5-1)27-23(28-20)25-9-11-31-13-15-33-17-18-34-16-14-32-12-10-26-24-29-21-7-3-4-8-22(21)30-24/h1-8H,9-18H2,(H2,25,27,28)(H2,26,29,30). The van der Waals surface area contributed by atoms with Crippen LogP contribution in [0.5, 0.6) is 0 Å². The number of fused-ring (bicyclic) bond motifs is 2. The lowest BCUT2D eigenvalue weighted by atomic mass is 10.3. The number of benzene rings is 2. The van der Waals surface area contributed by atoms with E-state index in [0.717, 1.165) is 34.0 Å². The summed E-state index contributed by atoms with van der Waals surface area (Å²) in [5.41, 5.74) is 3.93. The van der Waals surface area contributed by atoms with Gasteiger partial charge in [-0.3, -0.25) is 0 Å². The normalized spacial score (nSPS) is 11.4. The number of rotatable bonds is 17. The van der Waals surface area contributed by atoms with Crippen LogP contribution in [0.3, 0.4) is 0 Å². The van der Waals surface area contributed by atoms with Crippen LogP contribution in [0, 0.1) is 0 Å². The Hall–Kier alpha value is -3.18. The third-order valence-corrected chi connectivity index (χ3v) is 4.97. The Kier molecular flexibility index (Phi) is 9.52. The minimum absolute atomic E-state index is 0.536. The number of imidazole rings is 2. The molecule has 0 saturated carbocycles. The molecule has 0 radical (unpaired) electrons. The van der Waals surface area contributed by atoms with Crippen LogP contribution in [0.25, 0.3) is 22.1 Å². The smallest absolute Gasteiger partial charge is 0.201 e. The van der Waals surface area contributed by atoms with Crippen LogP contribution < -0.4 is 10.6 Å². The van der Waals surface area contributed by atoms with Crippen molar-refractivity contribution < 1.29 is 18.9 Å². The minimum atomic E-state index is 0.536. The van der Waals surface area contributed by atoms with Crippen LogP contribution >= 0.6 is 0 Å². The lowest BCUT2D eigenvalue weighted by molar-refractivity contribution is 0.000286. The van der Waals surface area contributed by atoms with Crippen molar-refractivity contribution in [2.24, 2.45) is 0 Å². The van der Waals surface area contributed by atoms with Gasteiger partial charge in [0.05, 0.1) is 74.9 Å². The highest BCUT2D eigenvalue weighted by molar-refractivity contribution is 5.77. The Labute approximate surface area is 198 Å². The van der Waals surface area contributed by atoms with Crippen molar-refractivity contribution in [1.82, 2.24) is 19.9 Å². The summed E-state index contributed by atoms with van der Waals surface area (Å²) in [5.74, 6) is 1.51. The van der Waals surface area contributed by atoms with Crippen molar-refractivity contribution in [2.45, 2.75) is 0 Å². The molecule has 4 aromatic rings. The molecule has 0 fully saturated rings. The predicted octanol–water partition coefficient (Wildman–Crippen LogP) is 3.03. The van der Waals surface area contributed by atoms with Crippen LogP contribution in [0.2, 0.25) is 0 Å². The van der Waals surface area contributed by atoms with Gasteiger partial charge in [-0.1, -0.05) is 24.3 Å². The van der Waals surface area contributed by atoms with Gasteiger partial charge in [0.25, 0.3) is 0 Å². The van der Waals surface area contributed by atoms with E-state index in [-0.39, 0.29) is 0 Å².